The summed E-state index contributed by atoms with van der Waals surface area (Å²) in [6, 6.07) is 11.3. The third-order valence-corrected chi connectivity index (χ3v) is 5.84. The second-order valence-electron chi connectivity index (χ2n) is 9.83. The van der Waals surface area contributed by atoms with Crippen LogP contribution in [0.2, 0.25) is 0 Å². The van der Waals surface area contributed by atoms with Gasteiger partial charge in [0.05, 0.1) is 38.5 Å². The van der Waals surface area contributed by atoms with Crippen molar-refractivity contribution in [3.8, 4) is 17.2 Å². The van der Waals surface area contributed by atoms with Gasteiger partial charge in [-0.3, -0.25) is 9.59 Å². The fourth-order valence-corrected chi connectivity index (χ4v) is 4.03. The highest BCUT2D eigenvalue weighted by molar-refractivity contribution is 6.46. The van der Waals surface area contributed by atoms with Gasteiger partial charge in [0, 0.05) is 19.2 Å². The Morgan fingerprint density at radius 3 is 2.30 bits per heavy atom. The lowest BCUT2D eigenvalue weighted by Gasteiger charge is -2.26. The van der Waals surface area contributed by atoms with E-state index >= 15 is 0 Å². The van der Waals surface area contributed by atoms with E-state index in [1.165, 1.54) is 12.0 Å². The molecule has 1 aliphatic rings. The predicted octanol–water partition coefficient (Wildman–Crippen LogP) is 4.83. The molecule has 0 aliphatic carbocycles. The van der Waals surface area contributed by atoms with Crippen molar-refractivity contribution in [2.24, 2.45) is 11.8 Å². The van der Waals surface area contributed by atoms with Gasteiger partial charge in [0.2, 0.25) is 0 Å². The highest BCUT2D eigenvalue weighted by atomic mass is 16.5. The molecule has 1 atom stereocenters. The third-order valence-electron chi connectivity index (χ3n) is 5.84. The molecule has 1 saturated heterocycles. The quantitative estimate of drug-likeness (QED) is 0.248. The summed E-state index contributed by atoms with van der Waals surface area (Å²) in [5, 5.41) is 11.4. The molecule has 3 rings (SSSR count). The van der Waals surface area contributed by atoms with E-state index in [2.05, 4.69) is 0 Å². The van der Waals surface area contributed by atoms with Gasteiger partial charge in [0.25, 0.3) is 11.7 Å². The Balaban J connectivity index is 2.12. The van der Waals surface area contributed by atoms with Crippen molar-refractivity contribution >= 4 is 17.4 Å². The first-order valence-corrected chi connectivity index (χ1v) is 12.5. The number of benzene rings is 2. The molecule has 0 spiro atoms. The number of Topliss-reactive ketones (excluding diaryl/α,β-unsaturated/α-hetero) is 1. The Morgan fingerprint density at radius 1 is 0.946 bits per heavy atom. The lowest BCUT2D eigenvalue weighted by atomic mass is 9.95. The summed E-state index contributed by atoms with van der Waals surface area (Å²) in [5.41, 5.74) is 1.01. The van der Waals surface area contributed by atoms with Gasteiger partial charge < -0.3 is 29.0 Å². The molecule has 2 aromatic rings. The van der Waals surface area contributed by atoms with Crippen LogP contribution in [0.3, 0.4) is 0 Å². The number of amides is 1. The first kappa shape index (κ1) is 28.1. The Kier molecular flexibility index (Phi) is 9.58. The summed E-state index contributed by atoms with van der Waals surface area (Å²) >= 11 is 0. The number of rotatable bonds is 12. The van der Waals surface area contributed by atoms with E-state index in [0.29, 0.717) is 47.5 Å². The second-order valence-corrected chi connectivity index (χ2v) is 9.83. The van der Waals surface area contributed by atoms with E-state index in [4.69, 9.17) is 18.9 Å². The van der Waals surface area contributed by atoms with E-state index in [0.717, 1.165) is 0 Å². The topological polar surface area (TPSA) is 94.5 Å². The maximum atomic E-state index is 13.3. The van der Waals surface area contributed by atoms with Crippen molar-refractivity contribution in [1.82, 2.24) is 4.90 Å². The third kappa shape index (κ3) is 6.63. The number of likely N-dealkylation sites (tertiary alicyclic amines) is 1. The highest BCUT2D eigenvalue weighted by Gasteiger charge is 2.46. The number of carbonyl (C=O) groups is 2. The fourth-order valence-electron chi connectivity index (χ4n) is 4.03. The fraction of sp³-hybridized carbons (Fsp3) is 0.448. The minimum atomic E-state index is -0.831. The van der Waals surface area contributed by atoms with Crippen LogP contribution in [0.1, 0.15) is 44.9 Å². The first-order valence-electron chi connectivity index (χ1n) is 12.5. The minimum Gasteiger partial charge on any atom is -0.507 e. The Hall–Kier alpha value is -3.52. The van der Waals surface area contributed by atoms with Crippen molar-refractivity contribution < 1.29 is 33.6 Å². The van der Waals surface area contributed by atoms with Crippen LogP contribution in [0.4, 0.5) is 0 Å². The number of aliphatic hydroxyl groups excluding tert-OH is 1. The van der Waals surface area contributed by atoms with Gasteiger partial charge in [0.15, 0.2) is 11.5 Å². The summed E-state index contributed by atoms with van der Waals surface area (Å²) < 4.78 is 22.4. The van der Waals surface area contributed by atoms with Crippen molar-refractivity contribution in [3.63, 3.8) is 0 Å². The highest BCUT2D eigenvalue weighted by Crippen LogP contribution is 2.42. The lowest BCUT2D eigenvalue weighted by Crippen LogP contribution is -2.32. The zero-order valence-electron chi connectivity index (χ0n) is 22.4. The standard InChI is InChI=1S/C29H37NO7/c1-18(2)16-36-22-9-7-8-21(14-22)27(31)25-26(30(12-13-34-5)29(33)28(25)32)20-10-11-23(35-6)24(15-20)37-17-19(3)4/h7-11,14-15,18-19,26,31H,12-13,16-17H2,1-6H3/b27-25-. The van der Waals surface area contributed by atoms with E-state index in [-0.39, 0.29) is 30.4 Å². The van der Waals surface area contributed by atoms with E-state index in [9.17, 15) is 14.7 Å². The number of ether oxygens (including phenoxy) is 4. The zero-order valence-corrected chi connectivity index (χ0v) is 22.4. The average molecular weight is 512 g/mol. The average Bonchev–Trinajstić information content (AvgIpc) is 3.13. The second kappa shape index (κ2) is 12.6. The number of carbonyl (C=O) groups excluding carboxylic acids is 2. The monoisotopic (exact) mass is 511 g/mol. The van der Waals surface area contributed by atoms with Crippen LogP contribution in [0.5, 0.6) is 17.2 Å². The number of hydrogen-bond acceptors (Lipinski definition) is 7. The Bertz CT molecular complexity index is 1140. The molecule has 0 aromatic heterocycles. The zero-order chi connectivity index (χ0) is 27.1. The molecule has 1 aliphatic heterocycles. The number of aliphatic hydroxyl groups is 1. The minimum absolute atomic E-state index is 0.00193. The van der Waals surface area contributed by atoms with Crippen molar-refractivity contribution in [2.75, 3.05) is 40.6 Å². The van der Waals surface area contributed by atoms with Crippen LogP contribution in [0.25, 0.3) is 5.76 Å². The molecule has 37 heavy (non-hydrogen) atoms. The molecule has 0 bridgehead atoms. The molecular formula is C29H37NO7. The molecule has 8 nitrogen and oxygen atoms in total. The number of hydrogen-bond donors (Lipinski definition) is 1. The molecule has 1 fully saturated rings. The van der Waals surface area contributed by atoms with Gasteiger partial charge in [0.1, 0.15) is 11.5 Å². The van der Waals surface area contributed by atoms with Crippen LogP contribution in [-0.2, 0) is 14.3 Å². The molecule has 1 unspecified atom stereocenters. The van der Waals surface area contributed by atoms with Gasteiger partial charge in [-0.25, -0.2) is 0 Å². The van der Waals surface area contributed by atoms with Crippen LogP contribution in [-0.4, -0.2) is 62.3 Å². The Morgan fingerprint density at radius 2 is 1.65 bits per heavy atom. The molecule has 1 amide bonds. The summed E-state index contributed by atoms with van der Waals surface area (Å²) in [4.78, 5) is 27.8. The van der Waals surface area contributed by atoms with Gasteiger partial charge in [-0.2, -0.15) is 0 Å². The van der Waals surface area contributed by atoms with Crippen molar-refractivity contribution in [3.05, 3.63) is 59.2 Å². The van der Waals surface area contributed by atoms with E-state index in [1.54, 1.807) is 49.6 Å². The van der Waals surface area contributed by atoms with Crippen LogP contribution in [0.15, 0.2) is 48.0 Å². The first-order chi connectivity index (χ1) is 17.7. The smallest absolute Gasteiger partial charge is 0.295 e. The maximum absolute atomic E-state index is 13.3. The number of ketones is 1. The number of nitrogens with zero attached hydrogens (tertiary/aromatic N) is 1. The summed E-state index contributed by atoms with van der Waals surface area (Å²) in [6.45, 7) is 9.54. The van der Waals surface area contributed by atoms with Gasteiger partial charge in [-0.05, 0) is 41.7 Å². The largest absolute Gasteiger partial charge is 0.507 e. The predicted molar refractivity (Wildman–Crippen MR) is 141 cm³/mol. The molecule has 0 saturated carbocycles. The molecule has 200 valence electrons. The lowest BCUT2D eigenvalue weighted by molar-refractivity contribution is -0.140. The van der Waals surface area contributed by atoms with Gasteiger partial charge in [-0.15, -0.1) is 0 Å². The maximum Gasteiger partial charge on any atom is 0.295 e. The SMILES string of the molecule is COCCN1C(=O)C(=O)/C(=C(\O)c2cccc(OCC(C)C)c2)C1c1ccc(OC)c(OCC(C)C)c1. The molecule has 1 heterocycles. The van der Waals surface area contributed by atoms with Gasteiger partial charge in [-0.1, -0.05) is 45.9 Å². The van der Waals surface area contributed by atoms with Crippen LogP contribution in [0, 0.1) is 11.8 Å². The molecular weight excluding hydrogens is 474 g/mol. The number of methoxy groups -OCH3 is 2. The molecule has 1 N–H and O–H groups in total. The normalized spacial score (nSPS) is 17.1. The summed E-state index contributed by atoms with van der Waals surface area (Å²) in [5.74, 6) is 0.485. The Labute approximate surface area is 218 Å². The van der Waals surface area contributed by atoms with Crippen molar-refractivity contribution in [2.45, 2.75) is 33.7 Å². The molecule has 8 heteroatoms. The van der Waals surface area contributed by atoms with E-state index in [1.807, 2.05) is 27.7 Å². The van der Waals surface area contributed by atoms with Gasteiger partial charge >= 0.3 is 0 Å². The van der Waals surface area contributed by atoms with E-state index < -0.39 is 17.7 Å². The van der Waals surface area contributed by atoms with Crippen LogP contribution >= 0.6 is 0 Å². The summed E-state index contributed by atoms with van der Waals surface area (Å²) in [6.07, 6.45) is 0. The summed E-state index contributed by atoms with van der Waals surface area (Å²) in [7, 11) is 3.08. The van der Waals surface area contributed by atoms with Crippen molar-refractivity contribution in [1.29, 1.82) is 0 Å². The molecule has 0 radical (unpaired) electrons. The van der Waals surface area contributed by atoms with Crippen LogP contribution < -0.4 is 14.2 Å². The molecule has 2 aromatic carbocycles.